The molecule has 1 atom stereocenters. The lowest BCUT2D eigenvalue weighted by Gasteiger charge is -2.28. The van der Waals surface area contributed by atoms with E-state index < -0.39 is 4.51 Å². The molecule has 148 valence electrons. The van der Waals surface area contributed by atoms with Gasteiger partial charge in [-0.3, -0.25) is 10.2 Å². The SMILES string of the molecule is CCOC1(Br)C/C(=C\NNc2ncnc3c2cnn3-c2ccccc2)C=CC1=O. The van der Waals surface area contributed by atoms with E-state index in [1.165, 1.54) is 12.4 Å². The molecule has 1 unspecified atom stereocenters. The molecule has 4 rings (SSSR count). The van der Waals surface area contributed by atoms with Gasteiger partial charge in [-0.05, 0) is 46.6 Å². The van der Waals surface area contributed by atoms with Crippen LogP contribution in [0.4, 0.5) is 5.82 Å². The number of anilines is 1. The summed E-state index contributed by atoms with van der Waals surface area (Å²) < 4.78 is 6.33. The number of alkyl halides is 1. The maximum absolute atomic E-state index is 12.1. The van der Waals surface area contributed by atoms with Crippen molar-refractivity contribution in [2.45, 2.75) is 17.9 Å². The van der Waals surface area contributed by atoms with Gasteiger partial charge in [-0.15, -0.1) is 0 Å². The number of halogens is 1. The molecule has 8 nitrogen and oxygen atoms in total. The number of ketones is 1. The topological polar surface area (TPSA) is 94.0 Å². The van der Waals surface area contributed by atoms with Gasteiger partial charge in [0.2, 0.25) is 0 Å². The molecular formula is C20H19BrN6O2. The molecule has 0 amide bonds. The second-order valence-electron chi connectivity index (χ2n) is 6.38. The summed E-state index contributed by atoms with van der Waals surface area (Å²) in [4.78, 5) is 20.7. The van der Waals surface area contributed by atoms with Crippen LogP contribution in [0.5, 0.6) is 0 Å². The number of para-hydroxylation sites is 1. The summed E-state index contributed by atoms with van der Waals surface area (Å²) in [6, 6.07) is 9.78. The zero-order chi connectivity index (χ0) is 20.3. The lowest BCUT2D eigenvalue weighted by atomic mass is 9.98. The van der Waals surface area contributed by atoms with E-state index in [2.05, 4.69) is 41.8 Å². The lowest BCUT2D eigenvalue weighted by Crippen LogP contribution is -2.36. The summed E-state index contributed by atoms with van der Waals surface area (Å²) >= 11 is 3.41. The fraction of sp³-hybridized carbons (Fsp3) is 0.200. The van der Waals surface area contributed by atoms with E-state index in [9.17, 15) is 4.79 Å². The fourth-order valence-electron chi connectivity index (χ4n) is 3.06. The Morgan fingerprint density at radius 3 is 2.90 bits per heavy atom. The van der Waals surface area contributed by atoms with Crippen molar-refractivity contribution in [1.29, 1.82) is 0 Å². The minimum absolute atomic E-state index is 0.102. The largest absolute Gasteiger partial charge is 0.356 e. The van der Waals surface area contributed by atoms with Crippen molar-refractivity contribution in [3.05, 3.63) is 66.8 Å². The normalized spacial score (nSPS) is 20.3. The number of ether oxygens (including phenoxy) is 1. The van der Waals surface area contributed by atoms with Crippen molar-refractivity contribution in [2.24, 2.45) is 0 Å². The van der Waals surface area contributed by atoms with Crippen LogP contribution in [0.1, 0.15) is 13.3 Å². The van der Waals surface area contributed by atoms with Gasteiger partial charge in [0.25, 0.3) is 0 Å². The first-order chi connectivity index (χ1) is 14.1. The van der Waals surface area contributed by atoms with Gasteiger partial charge in [-0.25, -0.2) is 14.6 Å². The number of carbonyl (C=O) groups excluding carboxylic acids is 1. The van der Waals surface area contributed by atoms with Gasteiger partial charge in [-0.1, -0.05) is 24.3 Å². The molecule has 2 N–H and O–H groups in total. The molecular weight excluding hydrogens is 436 g/mol. The van der Waals surface area contributed by atoms with Gasteiger partial charge in [0.1, 0.15) is 6.33 Å². The summed E-state index contributed by atoms with van der Waals surface area (Å²) in [5.41, 5.74) is 8.61. The second kappa shape index (κ2) is 8.14. The van der Waals surface area contributed by atoms with E-state index in [1.807, 2.05) is 37.3 Å². The van der Waals surface area contributed by atoms with Gasteiger partial charge in [-0.2, -0.15) is 5.10 Å². The minimum Gasteiger partial charge on any atom is -0.356 e. The van der Waals surface area contributed by atoms with Gasteiger partial charge in [0, 0.05) is 19.2 Å². The van der Waals surface area contributed by atoms with Crippen molar-refractivity contribution in [1.82, 2.24) is 25.2 Å². The number of benzene rings is 1. The number of hydrogen-bond acceptors (Lipinski definition) is 7. The Labute approximate surface area is 175 Å². The van der Waals surface area contributed by atoms with Crippen LogP contribution in [0.3, 0.4) is 0 Å². The molecule has 1 aromatic carbocycles. The quantitative estimate of drug-likeness (QED) is 0.435. The van der Waals surface area contributed by atoms with Gasteiger partial charge >= 0.3 is 0 Å². The van der Waals surface area contributed by atoms with Crippen LogP contribution in [0.15, 0.2) is 66.8 Å². The Hall–Kier alpha value is -3.04. The summed E-state index contributed by atoms with van der Waals surface area (Å²) in [6.07, 6.45) is 8.66. The predicted octanol–water partition coefficient (Wildman–Crippen LogP) is 3.27. The Kier molecular flexibility index (Phi) is 5.41. The summed E-state index contributed by atoms with van der Waals surface area (Å²) in [5, 5.41) is 5.21. The molecule has 0 aliphatic heterocycles. The van der Waals surface area contributed by atoms with Crippen molar-refractivity contribution < 1.29 is 9.53 Å². The van der Waals surface area contributed by atoms with Crippen LogP contribution in [-0.4, -0.2) is 36.6 Å². The van der Waals surface area contributed by atoms with E-state index in [0.717, 1.165) is 16.6 Å². The molecule has 1 aliphatic rings. The van der Waals surface area contributed by atoms with E-state index >= 15 is 0 Å². The van der Waals surface area contributed by atoms with Crippen molar-refractivity contribution in [2.75, 3.05) is 12.0 Å². The molecule has 29 heavy (non-hydrogen) atoms. The monoisotopic (exact) mass is 454 g/mol. The molecule has 0 spiro atoms. The molecule has 9 heteroatoms. The first kappa shape index (κ1) is 19.3. The highest BCUT2D eigenvalue weighted by Crippen LogP contribution is 2.33. The number of rotatable bonds is 6. The average Bonchev–Trinajstić information content (AvgIpc) is 3.17. The fourth-order valence-corrected chi connectivity index (χ4v) is 3.75. The molecule has 3 aromatic rings. The van der Waals surface area contributed by atoms with Crippen LogP contribution in [-0.2, 0) is 9.53 Å². The molecule has 0 radical (unpaired) electrons. The maximum atomic E-state index is 12.1. The second-order valence-corrected chi connectivity index (χ2v) is 7.66. The first-order valence-corrected chi connectivity index (χ1v) is 9.90. The molecule has 0 fully saturated rings. The summed E-state index contributed by atoms with van der Waals surface area (Å²) in [5.74, 6) is 0.495. The molecule has 2 heterocycles. The Bertz CT molecular complexity index is 1090. The van der Waals surface area contributed by atoms with Crippen LogP contribution in [0, 0.1) is 0 Å². The molecule has 2 aromatic heterocycles. The highest BCUT2D eigenvalue weighted by molar-refractivity contribution is 9.10. The van der Waals surface area contributed by atoms with Crippen LogP contribution in [0.2, 0.25) is 0 Å². The highest BCUT2D eigenvalue weighted by atomic mass is 79.9. The van der Waals surface area contributed by atoms with E-state index in [0.29, 0.717) is 24.5 Å². The highest BCUT2D eigenvalue weighted by Gasteiger charge is 2.37. The number of carbonyl (C=O) groups is 1. The Balaban J connectivity index is 1.52. The third kappa shape index (κ3) is 3.92. The number of hydrazine groups is 1. The number of fused-ring (bicyclic) bond motifs is 1. The van der Waals surface area contributed by atoms with Crippen molar-refractivity contribution in [3.8, 4) is 5.69 Å². The molecule has 0 bridgehead atoms. The van der Waals surface area contributed by atoms with Gasteiger partial charge in [0.05, 0.1) is 17.3 Å². The van der Waals surface area contributed by atoms with Crippen LogP contribution >= 0.6 is 15.9 Å². The lowest BCUT2D eigenvalue weighted by molar-refractivity contribution is -0.128. The molecule has 0 saturated heterocycles. The summed E-state index contributed by atoms with van der Waals surface area (Å²) in [7, 11) is 0. The van der Waals surface area contributed by atoms with E-state index in [1.54, 1.807) is 23.2 Å². The predicted molar refractivity (Wildman–Crippen MR) is 114 cm³/mol. The first-order valence-electron chi connectivity index (χ1n) is 9.11. The van der Waals surface area contributed by atoms with E-state index in [-0.39, 0.29) is 5.78 Å². The minimum atomic E-state index is -1.01. The van der Waals surface area contributed by atoms with Crippen LogP contribution in [0.25, 0.3) is 16.7 Å². The third-order valence-electron chi connectivity index (χ3n) is 4.44. The average molecular weight is 455 g/mol. The Morgan fingerprint density at radius 2 is 2.10 bits per heavy atom. The standard InChI is InChI=1S/C20H19BrN6O2/c1-2-29-20(21)10-14(8-9-17(20)28)11-24-26-18-16-12-25-27(19(16)23-13-22-18)15-6-4-3-5-7-15/h3-9,11-13,24H,2,10H2,1H3,(H,22,23,26)/b14-11-. The summed E-state index contributed by atoms with van der Waals surface area (Å²) in [6.45, 7) is 2.29. The number of allylic oxidation sites excluding steroid dienone is 1. The zero-order valence-electron chi connectivity index (χ0n) is 15.7. The van der Waals surface area contributed by atoms with Gasteiger partial charge in [0.15, 0.2) is 21.8 Å². The van der Waals surface area contributed by atoms with E-state index in [4.69, 9.17) is 4.74 Å². The number of nitrogens with one attached hydrogen (secondary N) is 2. The molecule has 0 saturated carbocycles. The number of nitrogens with zero attached hydrogens (tertiary/aromatic N) is 4. The number of hydrogen-bond donors (Lipinski definition) is 2. The number of aromatic nitrogens is 4. The van der Waals surface area contributed by atoms with Crippen molar-refractivity contribution >= 4 is 38.6 Å². The van der Waals surface area contributed by atoms with Gasteiger partial charge < -0.3 is 10.2 Å². The molecule has 1 aliphatic carbocycles. The smallest absolute Gasteiger partial charge is 0.198 e. The zero-order valence-corrected chi connectivity index (χ0v) is 17.3. The third-order valence-corrected chi connectivity index (χ3v) is 5.34. The Morgan fingerprint density at radius 1 is 1.28 bits per heavy atom. The maximum Gasteiger partial charge on any atom is 0.198 e. The van der Waals surface area contributed by atoms with Crippen molar-refractivity contribution in [3.63, 3.8) is 0 Å². The van der Waals surface area contributed by atoms with Crippen LogP contribution < -0.4 is 10.9 Å².